The second-order valence-electron chi connectivity index (χ2n) is 4.36. The molecule has 2 aromatic rings. The van der Waals surface area contributed by atoms with E-state index in [-0.39, 0.29) is 11.3 Å². The number of nitro groups is 1. The third-order valence-corrected chi connectivity index (χ3v) is 3.20. The second kappa shape index (κ2) is 5.80. The number of anilines is 2. The van der Waals surface area contributed by atoms with Crippen molar-refractivity contribution in [3.63, 3.8) is 0 Å². The van der Waals surface area contributed by atoms with E-state index in [1.807, 2.05) is 0 Å². The van der Waals surface area contributed by atoms with Crippen LogP contribution in [0.3, 0.4) is 0 Å². The fraction of sp³-hybridized carbons (Fsp3) is 0.0714. The topological polar surface area (TPSA) is 92.5 Å². The van der Waals surface area contributed by atoms with Crippen LogP contribution in [0.4, 0.5) is 17.1 Å². The zero-order valence-electron chi connectivity index (χ0n) is 11.0. The highest BCUT2D eigenvalue weighted by Gasteiger charge is 2.19. The van der Waals surface area contributed by atoms with Gasteiger partial charge in [0.25, 0.3) is 5.69 Å². The van der Waals surface area contributed by atoms with Crippen molar-refractivity contribution in [1.29, 1.82) is 0 Å². The zero-order valence-corrected chi connectivity index (χ0v) is 11.7. The van der Waals surface area contributed by atoms with Gasteiger partial charge < -0.3 is 10.4 Å². The first-order valence-electron chi connectivity index (χ1n) is 5.93. The summed E-state index contributed by atoms with van der Waals surface area (Å²) < 4.78 is 0. The Bertz CT molecular complexity index is 714. The molecule has 2 rings (SSSR count). The molecule has 6 nitrogen and oxygen atoms in total. The number of halogens is 1. The average molecular weight is 307 g/mol. The van der Waals surface area contributed by atoms with Gasteiger partial charge in [0.2, 0.25) is 0 Å². The van der Waals surface area contributed by atoms with Crippen LogP contribution in [0.2, 0.25) is 5.02 Å². The molecule has 2 N–H and O–H groups in total. The molecule has 0 heterocycles. The van der Waals surface area contributed by atoms with E-state index < -0.39 is 10.9 Å². The van der Waals surface area contributed by atoms with Crippen molar-refractivity contribution in [3.05, 3.63) is 62.7 Å². The molecule has 108 valence electrons. The lowest BCUT2D eigenvalue weighted by Crippen LogP contribution is -2.03. The Balaban J connectivity index is 2.48. The van der Waals surface area contributed by atoms with Gasteiger partial charge in [0, 0.05) is 22.5 Å². The number of aromatic carboxylic acids is 1. The predicted octanol–water partition coefficient (Wildman–Crippen LogP) is 4.00. The van der Waals surface area contributed by atoms with E-state index in [2.05, 4.69) is 5.32 Å². The number of rotatable bonds is 4. The summed E-state index contributed by atoms with van der Waals surface area (Å²) in [4.78, 5) is 21.5. The Morgan fingerprint density at radius 2 is 1.90 bits per heavy atom. The van der Waals surface area contributed by atoms with Crippen LogP contribution in [0.5, 0.6) is 0 Å². The summed E-state index contributed by atoms with van der Waals surface area (Å²) in [5.41, 5.74) is 0.985. The molecule has 0 bridgehead atoms. The molecule has 0 fully saturated rings. The van der Waals surface area contributed by atoms with Gasteiger partial charge in [-0.05, 0) is 37.3 Å². The first-order valence-corrected chi connectivity index (χ1v) is 6.31. The summed E-state index contributed by atoms with van der Waals surface area (Å²) >= 11 is 5.78. The standard InChI is InChI=1S/C14H11ClN2O4/c1-8-12(16-11-4-2-10(15)3-5-11)6-9(14(18)19)7-13(8)17(20)21/h2-7,16H,1H3,(H,18,19). The molecule has 2 aromatic carbocycles. The Hall–Kier alpha value is -2.60. The van der Waals surface area contributed by atoms with Crippen molar-refractivity contribution in [2.75, 3.05) is 5.32 Å². The van der Waals surface area contributed by atoms with Gasteiger partial charge in [0.1, 0.15) is 0 Å². The number of carboxylic acid groups (broad SMARTS) is 1. The Morgan fingerprint density at radius 1 is 1.29 bits per heavy atom. The summed E-state index contributed by atoms with van der Waals surface area (Å²) in [5, 5.41) is 23.6. The van der Waals surface area contributed by atoms with Gasteiger partial charge in [-0.25, -0.2) is 4.79 Å². The van der Waals surface area contributed by atoms with E-state index in [0.717, 1.165) is 6.07 Å². The Kier molecular flexibility index (Phi) is 4.09. The summed E-state index contributed by atoms with van der Waals surface area (Å²) in [6.07, 6.45) is 0. The van der Waals surface area contributed by atoms with Crippen LogP contribution in [0.1, 0.15) is 15.9 Å². The van der Waals surface area contributed by atoms with Crippen molar-refractivity contribution in [1.82, 2.24) is 0 Å². The largest absolute Gasteiger partial charge is 0.478 e. The molecule has 0 aliphatic carbocycles. The SMILES string of the molecule is Cc1c(Nc2ccc(Cl)cc2)cc(C(=O)O)cc1[N+](=O)[O-]. The summed E-state index contributed by atoms with van der Waals surface area (Å²) in [6.45, 7) is 1.56. The fourth-order valence-corrected chi connectivity index (χ4v) is 1.96. The number of hydrogen-bond donors (Lipinski definition) is 2. The van der Waals surface area contributed by atoms with Crippen molar-refractivity contribution in [2.24, 2.45) is 0 Å². The third-order valence-electron chi connectivity index (χ3n) is 2.95. The number of nitrogens with one attached hydrogen (secondary N) is 1. The van der Waals surface area contributed by atoms with Gasteiger partial charge in [-0.3, -0.25) is 10.1 Å². The predicted molar refractivity (Wildman–Crippen MR) is 79.5 cm³/mol. The first-order chi connectivity index (χ1) is 9.88. The number of benzene rings is 2. The first kappa shape index (κ1) is 14.8. The quantitative estimate of drug-likeness (QED) is 0.658. The van der Waals surface area contributed by atoms with Crippen LogP contribution in [0, 0.1) is 17.0 Å². The molecule has 7 heteroatoms. The van der Waals surface area contributed by atoms with Gasteiger partial charge >= 0.3 is 5.97 Å². The molecule has 0 aromatic heterocycles. The molecular formula is C14H11ClN2O4. The van der Waals surface area contributed by atoms with E-state index in [0.29, 0.717) is 22.0 Å². The van der Waals surface area contributed by atoms with Crippen molar-refractivity contribution in [2.45, 2.75) is 6.92 Å². The minimum Gasteiger partial charge on any atom is -0.478 e. The highest BCUT2D eigenvalue weighted by molar-refractivity contribution is 6.30. The monoisotopic (exact) mass is 306 g/mol. The Labute approximate surface area is 125 Å². The summed E-state index contributed by atoms with van der Waals surface area (Å²) in [6, 6.07) is 9.12. The number of carboxylic acids is 1. The molecule has 0 aliphatic rings. The molecule has 21 heavy (non-hydrogen) atoms. The van der Waals surface area contributed by atoms with Crippen LogP contribution in [-0.2, 0) is 0 Å². The van der Waals surface area contributed by atoms with Gasteiger partial charge in [-0.1, -0.05) is 11.6 Å². The molecule has 0 unspecified atom stereocenters. The molecular weight excluding hydrogens is 296 g/mol. The van der Waals surface area contributed by atoms with E-state index in [9.17, 15) is 14.9 Å². The summed E-state index contributed by atoms with van der Waals surface area (Å²) in [5.74, 6) is -1.22. The lowest BCUT2D eigenvalue weighted by molar-refractivity contribution is -0.385. The molecule has 0 spiro atoms. The van der Waals surface area contributed by atoms with E-state index in [1.54, 1.807) is 31.2 Å². The maximum absolute atomic E-state index is 11.1. The number of hydrogen-bond acceptors (Lipinski definition) is 4. The van der Waals surface area contributed by atoms with Gasteiger partial charge in [0.05, 0.1) is 16.1 Å². The highest BCUT2D eigenvalue weighted by Crippen LogP contribution is 2.30. The highest BCUT2D eigenvalue weighted by atomic mass is 35.5. The minimum atomic E-state index is -1.22. The van der Waals surface area contributed by atoms with Crippen LogP contribution in [-0.4, -0.2) is 16.0 Å². The lowest BCUT2D eigenvalue weighted by Gasteiger charge is -2.11. The van der Waals surface area contributed by atoms with Crippen molar-refractivity contribution < 1.29 is 14.8 Å². The van der Waals surface area contributed by atoms with E-state index in [4.69, 9.17) is 16.7 Å². The molecule has 0 saturated heterocycles. The number of nitro benzene ring substituents is 1. The molecule has 0 amide bonds. The zero-order chi connectivity index (χ0) is 15.6. The minimum absolute atomic E-state index is 0.149. The molecule has 0 saturated carbocycles. The van der Waals surface area contributed by atoms with E-state index >= 15 is 0 Å². The number of carbonyl (C=O) groups is 1. The third kappa shape index (κ3) is 3.29. The van der Waals surface area contributed by atoms with Crippen LogP contribution in [0.15, 0.2) is 36.4 Å². The van der Waals surface area contributed by atoms with Crippen molar-refractivity contribution in [3.8, 4) is 0 Å². The Morgan fingerprint density at radius 3 is 2.43 bits per heavy atom. The van der Waals surface area contributed by atoms with Gasteiger partial charge in [-0.15, -0.1) is 0 Å². The molecule has 0 atom stereocenters. The van der Waals surface area contributed by atoms with Gasteiger partial charge in [-0.2, -0.15) is 0 Å². The molecule has 0 radical (unpaired) electrons. The maximum Gasteiger partial charge on any atom is 0.336 e. The summed E-state index contributed by atoms with van der Waals surface area (Å²) in [7, 11) is 0. The lowest BCUT2D eigenvalue weighted by atomic mass is 10.1. The van der Waals surface area contributed by atoms with Crippen LogP contribution in [0.25, 0.3) is 0 Å². The van der Waals surface area contributed by atoms with Crippen molar-refractivity contribution >= 4 is 34.6 Å². The fourth-order valence-electron chi connectivity index (χ4n) is 1.83. The molecule has 0 aliphatic heterocycles. The van der Waals surface area contributed by atoms with Crippen LogP contribution >= 0.6 is 11.6 Å². The maximum atomic E-state index is 11.1. The normalized spacial score (nSPS) is 10.2. The van der Waals surface area contributed by atoms with Gasteiger partial charge in [0.15, 0.2) is 0 Å². The smallest absolute Gasteiger partial charge is 0.336 e. The average Bonchev–Trinajstić information content (AvgIpc) is 2.42. The van der Waals surface area contributed by atoms with E-state index in [1.165, 1.54) is 6.07 Å². The van der Waals surface area contributed by atoms with Crippen LogP contribution < -0.4 is 5.32 Å². The number of nitrogens with zero attached hydrogens (tertiary/aromatic N) is 1. The second-order valence-corrected chi connectivity index (χ2v) is 4.80.